The summed E-state index contributed by atoms with van der Waals surface area (Å²) >= 11 is 0. The molecule has 35 valence electrons. The summed E-state index contributed by atoms with van der Waals surface area (Å²) in [5, 5.41) is 0. The maximum Gasteiger partial charge on any atom is 0.343 e. The van der Waals surface area contributed by atoms with Crippen LogP contribution in [0.25, 0.3) is 0 Å². The van der Waals surface area contributed by atoms with Gasteiger partial charge in [0.1, 0.15) is 0 Å². The van der Waals surface area contributed by atoms with Gasteiger partial charge in [0.05, 0.1) is 12.3 Å². The van der Waals surface area contributed by atoms with Crippen molar-refractivity contribution in [1.82, 2.24) is 0 Å². The smallest absolute Gasteiger partial charge is 0.343 e. The van der Waals surface area contributed by atoms with E-state index in [0.717, 1.165) is 0 Å². The molecule has 0 aromatic carbocycles. The van der Waals surface area contributed by atoms with Crippen LogP contribution in [0.2, 0.25) is 0 Å². The van der Waals surface area contributed by atoms with E-state index in [1.54, 1.807) is 6.07 Å². The molecular weight excluding hydrogens is 92.1 g/mol. The molecule has 0 bridgehead atoms. The molecule has 0 fully saturated rings. The van der Waals surface area contributed by atoms with Crippen molar-refractivity contribution >= 4 is 0 Å². The van der Waals surface area contributed by atoms with Crippen molar-refractivity contribution in [2.24, 2.45) is 0 Å². The summed E-state index contributed by atoms with van der Waals surface area (Å²) in [5.74, 6) is 0. The lowest BCUT2D eigenvalue weighted by atomic mass is 10.5. The van der Waals surface area contributed by atoms with E-state index >= 15 is 0 Å². The first kappa shape index (κ1) is 4.12. The average Bonchev–Trinajstić information content (AvgIpc) is 1.69. The van der Waals surface area contributed by atoms with Crippen molar-refractivity contribution in [1.29, 1.82) is 0 Å². The van der Waals surface area contributed by atoms with Gasteiger partial charge in [-0.05, 0) is 12.1 Å². The lowest BCUT2D eigenvalue weighted by molar-refractivity contribution is 0.509. The molecule has 0 aliphatic carbocycles. The topological polar surface area (TPSA) is 30.2 Å². The van der Waals surface area contributed by atoms with Gasteiger partial charge in [0.15, 0.2) is 0 Å². The minimum absolute atomic E-state index is 0.428. The molecule has 0 spiro atoms. The molecule has 0 atom stereocenters. The Balaban J connectivity index is 3.28. The Labute approximate surface area is 40.4 Å². The molecule has 0 amide bonds. The Hall–Kier alpha value is -1.05. The van der Waals surface area contributed by atoms with Gasteiger partial charge in [-0.25, -0.2) is 4.79 Å². The largest absolute Gasteiger partial charge is 0.431 e. The lowest BCUT2D eigenvalue weighted by Crippen LogP contribution is -1.91. The molecular formula is C5H3O2. The van der Waals surface area contributed by atoms with E-state index in [0.29, 0.717) is 0 Å². The summed E-state index contributed by atoms with van der Waals surface area (Å²) in [6.07, 6.45) is 1.32. The molecule has 1 aromatic rings. The molecule has 7 heavy (non-hydrogen) atoms. The standard InChI is InChI=1S/C5H3O2/c6-5-3-1-2-4-7-5/h1-2,4H. The van der Waals surface area contributed by atoms with E-state index in [9.17, 15) is 4.79 Å². The normalized spacial score (nSPS) is 8.57. The summed E-state index contributed by atoms with van der Waals surface area (Å²) in [7, 11) is 0. The second-order valence-corrected chi connectivity index (χ2v) is 1.04. The molecule has 1 radical (unpaired) electrons. The Morgan fingerprint density at radius 3 is 2.86 bits per heavy atom. The van der Waals surface area contributed by atoms with Crippen LogP contribution in [0, 0.1) is 6.07 Å². The van der Waals surface area contributed by atoms with Crippen LogP contribution >= 0.6 is 0 Å². The second kappa shape index (κ2) is 1.60. The molecule has 0 saturated carbocycles. The van der Waals surface area contributed by atoms with Crippen LogP contribution in [0.3, 0.4) is 0 Å². The first-order chi connectivity index (χ1) is 3.39. The molecule has 0 saturated heterocycles. The van der Waals surface area contributed by atoms with E-state index in [4.69, 9.17) is 0 Å². The Kier molecular flexibility index (Phi) is 0.941. The minimum atomic E-state index is -0.428. The summed E-state index contributed by atoms with van der Waals surface area (Å²) in [6.45, 7) is 0. The third kappa shape index (κ3) is 0.892. The molecule has 1 aromatic heterocycles. The SMILES string of the molecule is O=c1[c]ccco1. The zero-order valence-corrected chi connectivity index (χ0v) is 3.55. The highest BCUT2D eigenvalue weighted by atomic mass is 16.4. The first-order valence-electron chi connectivity index (χ1n) is 1.85. The summed E-state index contributed by atoms with van der Waals surface area (Å²) in [4.78, 5) is 10.0. The lowest BCUT2D eigenvalue weighted by Gasteiger charge is -1.71. The molecule has 0 aliphatic rings. The maximum absolute atomic E-state index is 10.0. The minimum Gasteiger partial charge on any atom is -0.431 e. The quantitative estimate of drug-likeness (QED) is 0.468. The molecule has 1 heterocycles. The Bertz CT molecular complexity index is 172. The Morgan fingerprint density at radius 1 is 1.71 bits per heavy atom. The van der Waals surface area contributed by atoms with Crippen LogP contribution in [-0.2, 0) is 0 Å². The number of hydrogen-bond donors (Lipinski definition) is 0. The van der Waals surface area contributed by atoms with Gasteiger partial charge in [-0.3, -0.25) is 0 Å². The van der Waals surface area contributed by atoms with Gasteiger partial charge >= 0.3 is 5.63 Å². The van der Waals surface area contributed by atoms with Crippen LogP contribution in [-0.4, -0.2) is 0 Å². The van der Waals surface area contributed by atoms with E-state index in [2.05, 4.69) is 10.5 Å². The van der Waals surface area contributed by atoms with Crippen molar-refractivity contribution in [3.63, 3.8) is 0 Å². The zero-order valence-electron chi connectivity index (χ0n) is 3.55. The highest BCUT2D eigenvalue weighted by molar-refractivity contribution is 4.83. The van der Waals surface area contributed by atoms with Crippen molar-refractivity contribution in [3.05, 3.63) is 34.9 Å². The van der Waals surface area contributed by atoms with Gasteiger partial charge in [0.2, 0.25) is 0 Å². The summed E-state index contributed by atoms with van der Waals surface area (Å²) < 4.78 is 4.32. The highest BCUT2D eigenvalue weighted by Crippen LogP contribution is 1.71. The van der Waals surface area contributed by atoms with Crippen molar-refractivity contribution < 1.29 is 4.42 Å². The predicted molar refractivity (Wildman–Crippen MR) is 23.8 cm³/mol. The van der Waals surface area contributed by atoms with Crippen LogP contribution in [0.1, 0.15) is 0 Å². The maximum atomic E-state index is 10.0. The third-order valence-corrected chi connectivity index (χ3v) is 0.551. The monoisotopic (exact) mass is 95.0 g/mol. The van der Waals surface area contributed by atoms with Gasteiger partial charge in [-0.15, -0.1) is 0 Å². The van der Waals surface area contributed by atoms with Crippen LogP contribution in [0.5, 0.6) is 0 Å². The van der Waals surface area contributed by atoms with Gasteiger partial charge in [0.25, 0.3) is 0 Å². The highest BCUT2D eigenvalue weighted by Gasteiger charge is 1.74. The molecule has 0 N–H and O–H groups in total. The van der Waals surface area contributed by atoms with Gasteiger partial charge in [0, 0.05) is 0 Å². The fourth-order valence-corrected chi connectivity index (χ4v) is 0.291. The van der Waals surface area contributed by atoms with E-state index in [-0.39, 0.29) is 0 Å². The molecule has 1 rings (SSSR count). The van der Waals surface area contributed by atoms with Gasteiger partial charge in [-0.2, -0.15) is 0 Å². The fourth-order valence-electron chi connectivity index (χ4n) is 0.291. The average molecular weight is 95.1 g/mol. The van der Waals surface area contributed by atoms with Crippen molar-refractivity contribution in [2.75, 3.05) is 0 Å². The van der Waals surface area contributed by atoms with E-state index in [1.807, 2.05) is 0 Å². The molecule has 2 nitrogen and oxygen atoms in total. The fraction of sp³-hybridized carbons (Fsp3) is 0. The zero-order chi connectivity index (χ0) is 5.11. The number of hydrogen-bond acceptors (Lipinski definition) is 2. The first-order valence-corrected chi connectivity index (χ1v) is 1.85. The molecule has 0 aliphatic heterocycles. The number of rotatable bonds is 0. The second-order valence-electron chi connectivity index (χ2n) is 1.04. The molecule has 2 heteroatoms. The Morgan fingerprint density at radius 2 is 2.57 bits per heavy atom. The van der Waals surface area contributed by atoms with Gasteiger partial charge < -0.3 is 4.42 Å². The van der Waals surface area contributed by atoms with Crippen LogP contribution < -0.4 is 5.63 Å². The third-order valence-electron chi connectivity index (χ3n) is 0.551. The predicted octanol–water partition coefficient (Wildman–Crippen LogP) is 0.440. The van der Waals surface area contributed by atoms with Gasteiger partial charge in [-0.1, -0.05) is 0 Å². The van der Waals surface area contributed by atoms with Crippen molar-refractivity contribution in [3.8, 4) is 0 Å². The van der Waals surface area contributed by atoms with Crippen LogP contribution in [0.4, 0.5) is 0 Å². The molecule has 0 unspecified atom stereocenters. The van der Waals surface area contributed by atoms with E-state index < -0.39 is 5.63 Å². The van der Waals surface area contributed by atoms with Crippen molar-refractivity contribution in [2.45, 2.75) is 0 Å². The van der Waals surface area contributed by atoms with Crippen LogP contribution in [0.15, 0.2) is 27.6 Å². The summed E-state index contributed by atoms with van der Waals surface area (Å²) in [6, 6.07) is 5.41. The van der Waals surface area contributed by atoms with E-state index in [1.165, 1.54) is 12.3 Å². The summed E-state index contributed by atoms with van der Waals surface area (Å²) in [5.41, 5.74) is -0.428.